The SMILES string of the molecule is COC(=O)C1COCCN1C(=O)c1cc(N)c(Cl)c(Cl)c1. The molecule has 0 spiro atoms. The smallest absolute Gasteiger partial charge is 0.331 e. The van der Waals surface area contributed by atoms with Crippen molar-refractivity contribution in [2.45, 2.75) is 6.04 Å². The molecule has 2 N–H and O–H groups in total. The van der Waals surface area contributed by atoms with Crippen molar-refractivity contribution < 1.29 is 19.1 Å². The molecule has 8 heteroatoms. The van der Waals surface area contributed by atoms with Gasteiger partial charge in [-0.15, -0.1) is 0 Å². The molecule has 2 rings (SSSR count). The number of halogens is 2. The van der Waals surface area contributed by atoms with Crippen molar-refractivity contribution in [2.24, 2.45) is 0 Å². The maximum absolute atomic E-state index is 12.6. The number of nitrogens with two attached hydrogens (primary N) is 1. The fraction of sp³-hybridized carbons (Fsp3) is 0.385. The zero-order chi connectivity index (χ0) is 15.6. The van der Waals surface area contributed by atoms with E-state index in [0.717, 1.165) is 0 Å². The number of nitrogen functional groups attached to an aromatic ring is 1. The molecule has 1 aliphatic heterocycles. The first-order valence-electron chi connectivity index (χ1n) is 6.16. The van der Waals surface area contributed by atoms with E-state index in [4.69, 9.17) is 33.7 Å². The minimum Gasteiger partial charge on any atom is -0.467 e. The Hall–Kier alpha value is -1.50. The van der Waals surface area contributed by atoms with Crippen molar-refractivity contribution >= 4 is 40.8 Å². The van der Waals surface area contributed by atoms with E-state index in [1.54, 1.807) is 0 Å². The molecule has 0 aromatic heterocycles. The van der Waals surface area contributed by atoms with Gasteiger partial charge in [-0.05, 0) is 12.1 Å². The summed E-state index contributed by atoms with van der Waals surface area (Å²) in [7, 11) is 1.26. The third-order valence-electron chi connectivity index (χ3n) is 3.17. The van der Waals surface area contributed by atoms with Crippen molar-refractivity contribution in [3.63, 3.8) is 0 Å². The number of rotatable bonds is 2. The summed E-state index contributed by atoms with van der Waals surface area (Å²) in [6, 6.07) is 2.07. The Morgan fingerprint density at radius 3 is 2.76 bits per heavy atom. The van der Waals surface area contributed by atoms with Crippen LogP contribution in [0, 0.1) is 0 Å². The molecule has 0 bridgehead atoms. The molecule has 1 heterocycles. The van der Waals surface area contributed by atoms with Crippen molar-refractivity contribution in [2.75, 3.05) is 32.6 Å². The minimum absolute atomic E-state index is 0.0925. The van der Waals surface area contributed by atoms with Gasteiger partial charge in [0.2, 0.25) is 0 Å². The van der Waals surface area contributed by atoms with E-state index in [0.29, 0.717) is 6.61 Å². The highest BCUT2D eigenvalue weighted by Gasteiger charge is 2.34. The largest absolute Gasteiger partial charge is 0.467 e. The summed E-state index contributed by atoms with van der Waals surface area (Å²) in [5.74, 6) is -0.907. The van der Waals surface area contributed by atoms with Gasteiger partial charge in [0.05, 0.1) is 36.1 Å². The maximum Gasteiger partial charge on any atom is 0.331 e. The number of anilines is 1. The van der Waals surface area contributed by atoms with Gasteiger partial charge in [0.15, 0.2) is 6.04 Å². The fourth-order valence-electron chi connectivity index (χ4n) is 2.08. The van der Waals surface area contributed by atoms with Crippen molar-refractivity contribution in [1.82, 2.24) is 4.90 Å². The number of nitrogens with zero attached hydrogens (tertiary/aromatic N) is 1. The van der Waals surface area contributed by atoms with Gasteiger partial charge in [-0.25, -0.2) is 4.79 Å². The summed E-state index contributed by atoms with van der Waals surface area (Å²) < 4.78 is 9.91. The molecule has 1 aromatic carbocycles. The van der Waals surface area contributed by atoms with Crippen LogP contribution in [0.2, 0.25) is 10.0 Å². The molecule has 1 fully saturated rings. The highest BCUT2D eigenvalue weighted by molar-refractivity contribution is 6.43. The minimum atomic E-state index is -0.785. The van der Waals surface area contributed by atoms with E-state index in [1.807, 2.05) is 0 Å². The number of esters is 1. The fourth-order valence-corrected chi connectivity index (χ4v) is 2.41. The molecule has 0 saturated carbocycles. The van der Waals surface area contributed by atoms with Gasteiger partial charge in [0.25, 0.3) is 5.91 Å². The van der Waals surface area contributed by atoms with Gasteiger partial charge in [-0.3, -0.25) is 4.79 Å². The van der Waals surface area contributed by atoms with Crippen LogP contribution in [0.25, 0.3) is 0 Å². The third-order valence-corrected chi connectivity index (χ3v) is 3.98. The summed E-state index contributed by atoms with van der Waals surface area (Å²) in [6.07, 6.45) is 0. The number of morpholine rings is 1. The Balaban J connectivity index is 2.31. The molecule has 1 aliphatic rings. The van der Waals surface area contributed by atoms with Crippen LogP contribution in [0.3, 0.4) is 0 Å². The first-order valence-corrected chi connectivity index (χ1v) is 6.92. The molecular formula is C13H14Cl2N2O4. The Kier molecular flexibility index (Phi) is 4.92. The molecule has 0 aliphatic carbocycles. The number of benzene rings is 1. The van der Waals surface area contributed by atoms with Crippen LogP contribution in [0.1, 0.15) is 10.4 Å². The lowest BCUT2D eigenvalue weighted by Crippen LogP contribution is -2.53. The van der Waals surface area contributed by atoms with E-state index in [1.165, 1.54) is 24.1 Å². The molecule has 1 saturated heterocycles. The van der Waals surface area contributed by atoms with Crippen molar-refractivity contribution in [3.05, 3.63) is 27.7 Å². The van der Waals surface area contributed by atoms with Gasteiger partial charge in [0.1, 0.15) is 0 Å². The number of amides is 1. The number of ether oxygens (including phenoxy) is 2. The zero-order valence-electron chi connectivity index (χ0n) is 11.3. The van der Waals surface area contributed by atoms with Crippen LogP contribution >= 0.6 is 23.2 Å². The quantitative estimate of drug-likeness (QED) is 0.657. The molecule has 1 atom stereocenters. The van der Waals surface area contributed by atoms with Gasteiger partial charge >= 0.3 is 5.97 Å². The summed E-state index contributed by atoms with van der Waals surface area (Å²) in [5, 5.41) is 0.377. The van der Waals surface area contributed by atoms with Crippen LogP contribution < -0.4 is 5.73 Å². The monoisotopic (exact) mass is 332 g/mol. The molecule has 21 heavy (non-hydrogen) atoms. The normalized spacial score (nSPS) is 18.4. The van der Waals surface area contributed by atoms with Gasteiger partial charge in [-0.1, -0.05) is 23.2 Å². The van der Waals surface area contributed by atoms with Crippen LogP contribution in [-0.4, -0.2) is 49.7 Å². The lowest BCUT2D eigenvalue weighted by molar-refractivity contribution is -0.151. The van der Waals surface area contributed by atoms with E-state index in [-0.39, 0.29) is 40.4 Å². The second-order valence-corrected chi connectivity index (χ2v) is 5.26. The first-order chi connectivity index (χ1) is 9.95. The van der Waals surface area contributed by atoms with E-state index in [2.05, 4.69) is 4.74 Å². The van der Waals surface area contributed by atoms with Crippen molar-refractivity contribution in [3.8, 4) is 0 Å². The summed E-state index contributed by atoms with van der Waals surface area (Å²) in [4.78, 5) is 25.7. The lowest BCUT2D eigenvalue weighted by Gasteiger charge is -2.33. The standard InChI is InChI=1S/C13H14Cl2N2O4/c1-20-13(19)10-6-21-3-2-17(10)12(18)7-4-8(14)11(15)9(16)5-7/h4-5,10H,2-3,6,16H2,1H3. The number of carbonyl (C=O) groups excluding carboxylic acids is 2. The van der Waals surface area contributed by atoms with E-state index in [9.17, 15) is 9.59 Å². The summed E-state index contributed by atoms with van der Waals surface area (Å²) in [6.45, 7) is 0.712. The first kappa shape index (κ1) is 15.9. The maximum atomic E-state index is 12.6. The molecule has 6 nitrogen and oxygen atoms in total. The summed E-state index contributed by atoms with van der Waals surface area (Å²) in [5.41, 5.74) is 6.17. The zero-order valence-corrected chi connectivity index (χ0v) is 12.8. The molecule has 1 amide bonds. The van der Waals surface area contributed by atoms with Crippen molar-refractivity contribution in [1.29, 1.82) is 0 Å². The van der Waals surface area contributed by atoms with Crippen LogP contribution in [0.15, 0.2) is 12.1 Å². The lowest BCUT2D eigenvalue weighted by atomic mass is 10.1. The van der Waals surface area contributed by atoms with Gasteiger partial charge < -0.3 is 20.1 Å². The summed E-state index contributed by atoms with van der Waals surface area (Å²) >= 11 is 11.8. The molecule has 114 valence electrons. The van der Waals surface area contributed by atoms with Gasteiger partial charge in [0, 0.05) is 12.1 Å². The van der Waals surface area contributed by atoms with Gasteiger partial charge in [-0.2, -0.15) is 0 Å². The highest BCUT2D eigenvalue weighted by atomic mass is 35.5. The molecule has 1 unspecified atom stereocenters. The predicted octanol–water partition coefficient (Wildman–Crippen LogP) is 1.59. The Bertz CT molecular complexity index is 556. The number of hydrogen-bond acceptors (Lipinski definition) is 5. The molecule has 1 aromatic rings. The number of methoxy groups -OCH3 is 1. The Morgan fingerprint density at radius 1 is 1.43 bits per heavy atom. The topological polar surface area (TPSA) is 81.9 Å². The second-order valence-electron chi connectivity index (χ2n) is 4.47. The average molecular weight is 333 g/mol. The van der Waals surface area contributed by atoms with Crippen LogP contribution in [-0.2, 0) is 14.3 Å². The number of hydrogen-bond donors (Lipinski definition) is 1. The van der Waals surface area contributed by atoms with Crippen LogP contribution in [0.5, 0.6) is 0 Å². The Morgan fingerprint density at radius 2 is 2.14 bits per heavy atom. The third kappa shape index (κ3) is 3.23. The Labute approximate surface area is 131 Å². The van der Waals surface area contributed by atoms with Crippen LogP contribution in [0.4, 0.5) is 5.69 Å². The van der Waals surface area contributed by atoms with E-state index >= 15 is 0 Å². The highest BCUT2D eigenvalue weighted by Crippen LogP contribution is 2.30. The molecular weight excluding hydrogens is 319 g/mol. The average Bonchev–Trinajstić information content (AvgIpc) is 2.50. The van der Waals surface area contributed by atoms with E-state index < -0.39 is 12.0 Å². The predicted molar refractivity (Wildman–Crippen MR) is 78.5 cm³/mol. The molecule has 0 radical (unpaired) electrons. The second kappa shape index (κ2) is 6.51. The number of carbonyl (C=O) groups is 2.